The summed E-state index contributed by atoms with van der Waals surface area (Å²) in [5, 5.41) is 0. The van der Waals surface area contributed by atoms with Crippen LogP contribution in [0.2, 0.25) is 0 Å². The zero-order valence-corrected chi connectivity index (χ0v) is 13.5. The molecule has 0 saturated heterocycles. The molecule has 1 unspecified atom stereocenters. The number of benzene rings is 2. The minimum absolute atomic E-state index is 0.354. The third-order valence-corrected chi connectivity index (χ3v) is 4.28. The quantitative estimate of drug-likeness (QED) is 0.641. The first kappa shape index (κ1) is 15.2. The van der Waals surface area contributed by atoms with Crippen LogP contribution in [0.15, 0.2) is 36.4 Å². The Kier molecular flexibility index (Phi) is 3.64. The molecule has 0 amide bonds. The van der Waals surface area contributed by atoms with Gasteiger partial charge in [0.05, 0.1) is 21.3 Å². The van der Waals surface area contributed by atoms with Gasteiger partial charge in [0.1, 0.15) is 28.4 Å². The number of esters is 1. The topological polar surface area (TPSA) is 54.0 Å². The number of ether oxygens (including phenoxy) is 4. The van der Waals surface area contributed by atoms with E-state index in [0.29, 0.717) is 28.6 Å². The van der Waals surface area contributed by atoms with Crippen LogP contribution in [0.3, 0.4) is 0 Å². The molecule has 0 bridgehead atoms. The van der Waals surface area contributed by atoms with Gasteiger partial charge in [0.25, 0.3) is 0 Å². The van der Waals surface area contributed by atoms with E-state index in [1.807, 2.05) is 13.0 Å². The molecular weight excluding hydrogens is 296 g/mol. The molecular formula is C18H18O5. The van der Waals surface area contributed by atoms with Crippen molar-refractivity contribution in [3.8, 4) is 23.0 Å². The van der Waals surface area contributed by atoms with Gasteiger partial charge in [-0.25, -0.2) is 0 Å². The van der Waals surface area contributed by atoms with Crippen molar-refractivity contribution in [3.63, 3.8) is 0 Å². The van der Waals surface area contributed by atoms with Crippen molar-refractivity contribution in [1.29, 1.82) is 0 Å². The molecule has 5 heteroatoms. The molecule has 2 aromatic carbocycles. The van der Waals surface area contributed by atoms with Crippen LogP contribution in [0, 0.1) is 0 Å². The lowest BCUT2D eigenvalue weighted by atomic mass is 9.76. The standard InChI is InChI=1S/C18H18O5/c1-18(13-9-11(20-2)5-7-15(13)22-4)14-10-12(21-3)6-8-16(14)23-17(18)19/h5-10H,1-4H3. The lowest BCUT2D eigenvalue weighted by Gasteiger charge is -2.24. The van der Waals surface area contributed by atoms with Crippen LogP contribution in [-0.4, -0.2) is 27.3 Å². The van der Waals surface area contributed by atoms with Crippen LogP contribution in [0.4, 0.5) is 0 Å². The Morgan fingerprint density at radius 3 is 2.09 bits per heavy atom. The Balaban J connectivity index is 2.25. The van der Waals surface area contributed by atoms with Gasteiger partial charge in [-0.15, -0.1) is 0 Å². The van der Waals surface area contributed by atoms with E-state index < -0.39 is 5.41 Å². The molecule has 0 spiro atoms. The molecule has 2 aromatic rings. The van der Waals surface area contributed by atoms with E-state index in [-0.39, 0.29) is 5.97 Å². The molecule has 1 heterocycles. The fraction of sp³-hybridized carbons (Fsp3) is 0.278. The molecule has 0 N–H and O–H groups in total. The summed E-state index contributed by atoms with van der Waals surface area (Å²) in [5.41, 5.74) is 0.439. The van der Waals surface area contributed by atoms with E-state index in [2.05, 4.69) is 0 Å². The molecule has 0 fully saturated rings. The van der Waals surface area contributed by atoms with Gasteiger partial charge in [-0.3, -0.25) is 4.79 Å². The highest BCUT2D eigenvalue weighted by molar-refractivity contribution is 5.95. The fourth-order valence-electron chi connectivity index (χ4n) is 2.89. The minimum Gasteiger partial charge on any atom is -0.497 e. The van der Waals surface area contributed by atoms with E-state index in [4.69, 9.17) is 18.9 Å². The van der Waals surface area contributed by atoms with Crippen LogP contribution in [0.25, 0.3) is 0 Å². The van der Waals surface area contributed by atoms with Gasteiger partial charge in [0.2, 0.25) is 0 Å². The molecule has 1 atom stereocenters. The number of hydrogen-bond acceptors (Lipinski definition) is 5. The highest BCUT2D eigenvalue weighted by atomic mass is 16.5. The van der Waals surface area contributed by atoms with Gasteiger partial charge in [-0.2, -0.15) is 0 Å². The number of hydrogen-bond donors (Lipinski definition) is 0. The second-order valence-corrected chi connectivity index (χ2v) is 5.44. The monoisotopic (exact) mass is 314 g/mol. The van der Waals surface area contributed by atoms with Crippen molar-refractivity contribution < 1.29 is 23.7 Å². The summed E-state index contributed by atoms with van der Waals surface area (Å²) in [6, 6.07) is 10.7. The fourth-order valence-corrected chi connectivity index (χ4v) is 2.89. The molecule has 1 aliphatic rings. The van der Waals surface area contributed by atoms with E-state index in [1.165, 1.54) is 0 Å². The predicted octanol–water partition coefficient (Wildman–Crippen LogP) is 2.94. The van der Waals surface area contributed by atoms with Crippen LogP contribution < -0.4 is 18.9 Å². The third-order valence-electron chi connectivity index (χ3n) is 4.28. The van der Waals surface area contributed by atoms with Gasteiger partial charge < -0.3 is 18.9 Å². The number of fused-ring (bicyclic) bond motifs is 1. The highest BCUT2D eigenvalue weighted by Crippen LogP contribution is 2.48. The Morgan fingerprint density at radius 2 is 1.48 bits per heavy atom. The van der Waals surface area contributed by atoms with Crippen LogP contribution in [-0.2, 0) is 10.2 Å². The molecule has 120 valence electrons. The summed E-state index contributed by atoms with van der Waals surface area (Å²) in [5.74, 6) is 2.08. The minimum atomic E-state index is -0.996. The average molecular weight is 314 g/mol. The second kappa shape index (κ2) is 5.50. The first-order chi connectivity index (χ1) is 11.0. The summed E-state index contributed by atoms with van der Waals surface area (Å²) in [6.07, 6.45) is 0. The van der Waals surface area contributed by atoms with E-state index in [1.54, 1.807) is 51.7 Å². The van der Waals surface area contributed by atoms with E-state index in [0.717, 1.165) is 5.56 Å². The van der Waals surface area contributed by atoms with Crippen LogP contribution in [0.5, 0.6) is 23.0 Å². The summed E-state index contributed by atoms with van der Waals surface area (Å²) >= 11 is 0. The van der Waals surface area contributed by atoms with Crippen molar-refractivity contribution in [2.75, 3.05) is 21.3 Å². The maximum Gasteiger partial charge on any atom is 0.326 e. The maximum absolute atomic E-state index is 12.7. The van der Waals surface area contributed by atoms with Gasteiger partial charge in [0, 0.05) is 11.1 Å². The first-order valence-corrected chi connectivity index (χ1v) is 7.18. The average Bonchev–Trinajstić information content (AvgIpc) is 2.85. The largest absolute Gasteiger partial charge is 0.497 e. The number of carbonyl (C=O) groups excluding carboxylic acids is 1. The Labute approximate surface area is 134 Å². The zero-order chi connectivity index (χ0) is 16.6. The van der Waals surface area contributed by atoms with Gasteiger partial charge in [-0.1, -0.05) is 0 Å². The number of methoxy groups -OCH3 is 3. The van der Waals surface area contributed by atoms with Crippen LogP contribution in [0.1, 0.15) is 18.1 Å². The lowest BCUT2D eigenvalue weighted by Crippen LogP contribution is -2.32. The first-order valence-electron chi connectivity index (χ1n) is 7.18. The lowest BCUT2D eigenvalue weighted by molar-refractivity contribution is -0.136. The number of carbonyl (C=O) groups is 1. The summed E-state index contributed by atoms with van der Waals surface area (Å²) in [6.45, 7) is 1.82. The Morgan fingerprint density at radius 1 is 0.870 bits per heavy atom. The zero-order valence-electron chi connectivity index (χ0n) is 13.5. The van der Waals surface area contributed by atoms with Crippen molar-refractivity contribution in [2.45, 2.75) is 12.3 Å². The highest BCUT2D eigenvalue weighted by Gasteiger charge is 2.48. The molecule has 23 heavy (non-hydrogen) atoms. The van der Waals surface area contributed by atoms with Crippen molar-refractivity contribution in [3.05, 3.63) is 47.5 Å². The maximum atomic E-state index is 12.7. The van der Waals surface area contributed by atoms with Crippen molar-refractivity contribution >= 4 is 5.97 Å². The Hall–Kier alpha value is -2.69. The summed E-state index contributed by atoms with van der Waals surface area (Å²) in [7, 11) is 4.74. The number of rotatable bonds is 4. The third kappa shape index (κ3) is 2.20. The van der Waals surface area contributed by atoms with E-state index >= 15 is 0 Å². The van der Waals surface area contributed by atoms with Crippen molar-refractivity contribution in [2.24, 2.45) is 0 Å². The van der Waals surface area contributed by atoms with Crippen molar-refractivity contribution in [1.82, 2.24) is 0 Å². The van der Waals surface area contributed by atoms with E-state index in [9.17, 15) is 4.79 Å². The molecule has 0 radical (unpaired) electrons. The van der Waals surface area contributed by atoms with Crippen LogP contribution >= 0.6 is 0 Å². The van der Waals surface area contributed by atoms with Gasteiger partial charge in [-0.05, 0) is 43.3 Å². The summed E-state index contributed by atoms with van der Waals surface area (Å²) in [4.78, 5) is 12.7. The predicted molar refractivity (Wildman–Crippen MR) is 84.6 cm³/mol. The molecule has 0 aromatic heterocycles. The molecule has 3 rings (SSSR count). The molecule has 0 saturated carbocycles. The normalized spacial score (nSPS) is 19.0. The van der Waals surface area contributed by atoms with Gasteiger partial charge in [0.15, 0.2) is 0 Å². The molecule has 5 nitrogen and oxygen atoms in total. The second-order valence-electron chi connectivity index (χ2n) is 5.44. The molecule has 1 aliphatic heterocycles. The summed E-state index contributed by atoms with van der Waals surface area (Å²) < 4.78 is 21.5. The van der Waals surface area contributed by atoms with Gasteiger partial charge >= 0.3 is 5.97 Å². The smallest absolute Gasteiger partial charge is 0.326 e. The SMILES string of the molecule is COc1ccc(OC)c(C2(C)C(=O)Oc3ccc(OC)cc32)c1. The Bertz CT molecular complexity index is 768. The molecule has 0 aliphatic carbocycles.